The number of rotatable bonds is 5. The summed E-state index contributed by atoms with van der Waals surface area (Å²) in [6.45, 7) is 1.06. The van der Waals surface area contributed by atoms with E-state index in [0.717, 1.165) is 36.1 Å². The number of carbonyl (C=O) groups excluding carboxylic acids is 2. The first-order valence-corrected chi connectivity index (χ1v) is 8.99. The Morgan fingerprint density at radius 1 is 1.31 bits per heavy atom. The van der Waals surface area contributed by atoms with Crippen LogP contribution < -0.4 is 5.32 Å². The van der Waals surface area contributed by atoms with Crippen molar-refractivity contribution in [2.45, 2.75) is 38.1 Å². The predicted molar refractivity (Wildman–Crippen MR) is 93.2 cm³/mol. The Balaban J connectivity index is 1.32. The number of aromatic amines is 1. The Hall–Kier alpha value is -2.70. The average molecular weight is 356 g/mol. The van der Waals surface area contributed by atoms with Crippen molar-refractivity contribution in [2.75, 3.05) is 13.1 Å². The molecule has 1 saturated heterocycles. The summed E-state index contributed by atoms with van der Waals surface area (Å²) in [5.74, 6) is -0.439. The highest BCUT2D eigenvalue weighted by Crippen LogP contribution is 2.23. The van der Waals surface area contributed by atoms with E-state index in [1.165, 1.54) is 12.1 Å². The van der Waals surface area contributed by atoms with E-state index in [9.17, 15) is 14.0 Å². The quantitative estimate of drug-likeness (QED) is 0.854. The standard InChI is InChI=1S/C19H21FN4O2/c20-13-6-4-12(5-7-13)8-9-24-11-14(10-17(24)25)21-19(26)18-15-2-1-3-16(15)22-23-18/h4-7,14H,1-3,8-11H2,(H,21,26)(H,22,23)/t14-/m0/s1. The second kappa shape index (κ2) is 6.90. The van der Waals surface area contributed by atoms with Gasteiger partial charge in [0, 0.05) is 30.8 Å². The van der Waals surface area contributed by atoms with Crippen molar-refractivity contribution in [1.29, 1.82) is 0 Å². The van der Waals surface area contributed by atoms with Crippen LogP contribution in [-0.2, 0) is 24.1 Å². The molecule has 0 bridgehead atoms. The fraction of sp³-hybridized carbons (Fsp3) is 0.421. The summed E-state index contributed by atoms with van der Waals surface area (Å²) < 4.78 is 12.9. The molecule has 1 aliphatic carbocycles. The summed E-state index contributed by atoms with van der Waals surface area (Å²) in [5.41, 5.74) is 3.52. The highest BCUT2D eigenvalue weighted by Gasteiger charge is 2.32. The number of carbonyl (C=O) groups is 2. The van der Waals surface area contributed by atoms with E-state index in [1.54, 1.807) is 17.0 Å². The monoisotopic (exact) mass is 356 g/mol. The number of hydrogen-bond acceptors (Lipinski definition) is 3. The van der Waals surface area contributed by atoms with Gasteiger partial charge < -0.3 is 10.2 Å². The molecule has 0 saturated carbocycles. The van der Waals surface area contributed by atoms with E-state index in [1.807, 2.05) is 0 Å². The summed E-state index contributed by atoms with van der Waals surface area (Å²) in [6, 6.07) is 6.11. The third kappa shape index (κ3) is 3.34. The highest BCUT2D eigenvalue weighted by molar-refractivity contribution is 5.95. The van der Waals surface area contributed by atoms with Gasteiger partial charge in [-0.1, -0.05) is 12.1 Å². The first-order chi connectivity index (χ1) is 12.6. The van der Waals surface area contributed by atoms with Gasteiger partial charge in [-0.3, -0.25) is 14.7 Å². The van der Waals surface area contributed by atoms with Gasteiger partial charge in [0.1, 0.15) is 5.82 Å². The lowest BCUT2D eigenvalue weighted by Gasteiger charge is -2.17. The van der Waals surface area contributed by atoms with Crippen LogP contribution in [0.25, 0.3) is 0 Å². The van der Waals surface area contributed by atoms with E-state index in [0.29, 0.717) is 31.6 Å². The molecule has 1 aliphatic heterocycles. The number of fused-ring (bicyclic) bond motifs is 1. The van der Waals surface area contributed by atoms with Crippen LogP contribution >= 0.6 is 0 Å². The molecule has 1 aromatic heterocycles. The minimum Gasteiger partial charge on any atom is -0.346 e. The van der Waals surface area contributed by atoms with Gasteiger partial charge in [0.05, 0.1) is 6.04 Å². The Morgan fingerprint density at radius 2 is 2.12 bits per heavy atom. The number of amides is 2. The van der Waals surface area contributed by atoms with E-state index in [4.69, 9.17) is 0 Å². The topological polar surface area (TPSA) is 78.1 Å². The molecule has 2 N–H and O–H groups in total. The molecule has 4 rings (SSSR count). The average Bonchev–Trinajstić information content (AvgIpc) is 3.30. The minimum atomic E-state index is -0.265. The molecule has 2 heterocycles. The van der Waals surface area contributed by atoms with Crippen LogP contribution in [0.2, 0.25) is 0 Å². The van der Waals surface area contributed by atoms with E-state index >= 15 is 0 Å². The molecular weight excluding hydrogens is 335 g/mol. The van der Waals surface area contributed by atoms with E-state index < -0.39 is 0 Å². The number of hydrogen-bond donors (Lipinski definition) is 2. The fourth-order valence-electron chi connectivity index (χ4n) is 3.76. The van der Waals surface area contributed by atoms with Crippen molar-refractivity contribution in [3.8, 4) is 0 Å². The van der Waals surface area contributed by atoms with Crippen LogP contribution in [0.3, 0.4) is 0 Å². The smallest absolute Gasteiger partial charge is 0.272 e. The van der Waals surface area contributed by atoms with Gasteiger partial charge in [0.25, 0.3) is 5.91 Å². The molecule has 136 valence electrons. The zero-order valence-electron chi connectivity index (χ0n) is 14.4. The fourth-order valence-corrected chi connectivity index (χ4v) is 3.76. The summed E-state index contributed by atoms with van der Waals surface area (Å²) in [7, 11) is 0. The SMILES string of the molecule is O=C(N[C@H]1CC(=O)N(CCc2ccc(F)cc2)C1)c1n[nH]c2c1CCC2. The van der Waals surface area contributed by atoms with Crippen molar-refractivity contribution in [1.82, 2.24) is 20.4 Å². The van der Waals surface area contributed by atoms with Crippen LogP contribution in [0.5, 0.6) is 0 Å². The molecule has 0 radical (unpaired) electrons. The number of nitrogens with one attached hydrogen (secondary N) is 2. The molecule has 2 aromatic rings. The molecule has 2 amide bonds. The number of aryl methyl sites for hydroxylation is 1. The van der Waals surface area contributed by atoms with Crippen LogP contribution in [0.4, 0.5) is 4.39 Å². The van der Waals surface area contributed by atoms with Gasteiger partial charge in [-0.25, -0.2) is 4.39 Å². The molecule has 0 spiro atoms. The molecule has 26 heavy (non-hydrogen) atoms. The molecule has 6 nitrogen and oxygen atoms in total. The van der Waals surface area contributed by atoms with Crippen LogP contribution in [0, 0.1) is 5.82 Å². The maximum absolute atomic E-state index is 12.9. The lowest BCUT2D eigenvalue weighted by Crippen LogP contribution is -2.38. The maximum atomic E-state index is 12.9. The molecule has 1 aromatic carbocycles. The Kier molecular flexibility index (Phi) is 4.44. The maximum Gasteiger partial charge on any atom is 0.272 e. The molecule has 0 unspecified atom stereocenters. The second-order valence-corrected chi connectivity index (χ2v) is 6.97. The van der Waals surface area contributed by atoms with Crippen molar-refractivity contribution in [3.63, 3.8) is 0 Å². The number of aromatic nitrogens is 2. The zero-order valence-corrected chi connectivity index (χ0v) is 14.4. The largest absolute Gasteiger partial charge is 0.346 e. The van der Waals surface area contributed by atoms with E-state index in [-0.39, 0.29) is 23.7 Å². The van der Waals surface area contributed by atoms with Gasteiger partial charge in [0.2, 0.25) is 5.91 Å². The normalized spacial score (nSPS) is 19.0. The number of nitrogens with zero attached hydrogens (tertiary/aromatic N) is 2. The zero-order chi connectivity index (χ0) is 18.1. The molecule has 1 fully saturated rings. The van der Waals surface area contributed by atoms with Crippen molar-refractivity contribution in [2.24, 2.45) is 0 Å². The van der Waals surface area contributed by atoms with E-state index in [2.05, 4.69) is 15.5 Å². The summed E-state index contributed by atoms with van der Waals surface area (Å²) in [5, 5.41) is 10.0. The summed E-state index contributed by atoms with van der Waals surface area (Å²) in [4.78, 5) is 26.4. The predicted octanol–water partition coefficient (Wildman–Crippen LogP) is 1.61. The molecule has 1 atom stereocenters. The minimum absolute atomic E-state index is 0.0321. The first-order valence-electron chi connectivity index (χ1n) is 8.99. The summed E-state index contributed by atoms with van der Waals surface area (Å²) in [6.07, 6.45) is 3.83. The Labute approximate surface area is 150 Å². The number of H-pyrrole nitrogens is 1. The lowest BCUT2D eigenvalue weighted by atomic mass is 10.1. The molecule has 2 aliphatic rings. The first kappa shape index (κ1) is 16.8. The third-order valence-electron chi connectivity index (χ3n) is 5.15. The van der Waals surface area contributed by atoms with Crippen LogP contribution in [0.15, 0.2) is 24.3 Å². The highest BCUT2D eigenvalue weighted by atomic mass is 19.1. The Morgan fingerprint density at radius 3 is 2.92 bits per heavy atom. The number of likely N-dealkylation sites (tertiary alicyclic amines) is 1. The van der Waals surface area contributed by atoms with Crippen LogP contribution in [-0.4, -0.2) is 46.0 Å². The van der Waals surface area contributed by atoms with Gasteiger partial charge in [-0.05, 0) is 43.4 Å². The molecule has 7 heteroatoms. The molecular formula is C19H21FN4O2. The lowest BCUT2D eigenvalue weighted by molar-refractivity contribution is -0.127. The van der Waals surface area contributed by atoms with Crippen molar-refractivity contribution >= 4 is 11.8 Å². The van der Waals surface area contributed by atoms with Gasteiger partial charge >= 0.3 is 0 Å². The van der Waals surface area contributed by atoms with Gasteiger partial charge in [-0.15, -0.1) is 0 Å². The van der Waals surface area contributed by atoms with Crippen LogP contribution in [0.1, 0.15) is 40.2 Å². The van der Waals surface area contributed by atoms with Crippen molar-refractivity contribution < 1.29 is 14.0 Å². The Bertz CT molecular complexity index is 831. The second-order valence-electron chi connectivity index (χ2n) is 6.97. The summed E-state index contributed by atoms with van der Waals surface area (Å²) >= 11 is 0. The number of halogens is 1. The van der Waals surface area contributed by atoms with Gasteiger partial charge in [0.15, 0.2) is 5.69 Å². The third-order valence-corrected chi connectivity index (χ3v) is 5.15. The number of benzene rings is 1. The van der Waals surface area contributed by atoms with Gasteiger partial charge in [-0.2, -0.15) is 5.10 Å². The van der Waals surface area contributed by atoms with Crippen molar-refractivity contribution in [3.05, 3.63) is 52.6 Å².